The standard InChI is InChI=1S/C20H14BrNOS/c21-18-16-7-3-4-8-17(16)24-19(18)20(23)22-12-13-9-10-14-5-1-2-6-15(14)11-13/h1-11H,12H2,(H,22,23). The van der Waals surface area contributed by atoms with Gasteiger partial charge in [-0.1, -0.05) is 54.6 Å². The summed E-state index contributed by atoms with van der Waals surface area (Å²) < 4.78 is 1.99. The topological polar surface area (TPSA) is 29.1 Å². The molecule has 0 aliphatic heterocycles. The number of nitrogens with one attached hydrogen (secondary N) is 1. The summed E-state index contributed by atoms with van der Waals surface area (Å²) in [5, 5.41) is 6.50. The Labute approximate surface area is 152 Å². The molecule has 4 aromatic rings. The lowest BCUT2D eigenvalue weighted by atomic mass is 10.1. The molecule has 4 rings (SSSR count). The number of benzene rings is 3. The number of hydrogen-bond acceptors (Lipinski definition) is 2. The highest BCUT2D eigenvalue weighted by atomic mass is 79.9. The number of hydrogen-bond donors (Lipinski definition) is 1. The van der Waals surface area contributed by atoms with Crippen molar-refractivity contribution in [1.29, 1.82) is 0 Å². The van der Waals surface area contributed by atoms with Crippen LogP contribution in [0, 0.1) is 0 Å². The first kappa shape index (κ1) is 15.4. The Morgan fingerprint density at radius 1 is 0.958 bits per heavy atom. The maximum atomic E-state index is 12.5. The molecule has 0 saturated carbocycles. The predicted molar refractivity (Wildman–Crippen MR) is 105 cm³/mol. The van der Waals surface area contributed by atoms with Gasteiger partial charge in [-0.05, 0) is 44.4 Å². The van der Waals surface area contributed by atoms with Crippen LogP contribution in [-0.2, 0) is 6.54 Å². The zero-order valence-corrected chi connectivity index (χ0v) is 15.2. The third-order valence-electron chi connectivity index (χ3n) is 4.01. The largest absolute Gasteiger partial charge is 0.347 e. The Morgan fingerprint density at radius 3 is 2.54 bits per heavy atom. The molecule has 0 aliphatic rings. The van der Waals surface area contributed by atoms with Crippen molar-refractivity contribution in [3.8, 4) is 0 Å². The van der Waals surface area contributed by atoms with Crippen molar-refractivity contribution in [3.63, 3.8) is 0 Å². The molecule has 4 heteroatoms. The van der Waals surface area contributed by atoms with E-state index >= 15 is 0 Å². The molecular formula is C20H14BrNOS. The summed E-state index contributed by atoms with van der Waals surface area (Å²) in [4.78, 5) is 13.3. The molecule has 1 amide bonds. The molecule has 1 N–H and O–H groups in total. The fourth-order valence-corrected chi connectivity index (χ4v) is 4.68. The molecule has 1 heterocycles. The minimum absolute atomic E-state index is 0.0452. The van der Waals surface area contributed by atoms with Gasteiger partial charge in [0.2, 0.25) is 0 Å². The van der Waals surface area contributed by atoms with Crippen molar-refractivity contribution < 1.29 is 4.79 Å². The monoisotopic (exact) mass is 395 g/mol. The average molecular weight is 396 g/mol. The molecule has 0 spiro atoms. The zero-order chi connectivity index (χ0) is 16.5. The van der Waals surface area contributed by atoms with Crippen LogP contribution in [0.15, 0.2) is 71.2 Å². The van der Waals surface area contributed by atoms with Crippen LogP contribution in [0.2, 0.25) is 0 Å². The number of carbonyl (C=O) groups excluding carboxylic acids is 1. The highest BCUT2D eigenvalue weighted by Crippen LogP contribution is 2.35. The van der Waals surface area contributed by atoms with Gasteiger partial charge >= 0.3 is 0 Å². The Kier molecular flexibility index (Phi) is 4.08. The smallest absolute Gasteiger partial charge is 0.262 e. The molecule has 0 unspecified atom stereocenters. The van der Waals surface area contributed by atoms with Gasteiger partial charge in [-0.2, -0.15) is 0 Å². The van der Waals surface area contributed by atoms with E-state index in [0.717, 1.165) is 25.0 Å². The van der Waals surface area contributed by atoms with Gasteiger partial charge < -0.3 is 5.32 Å². The fraction of sp³-hybridized carbons (Fsp3) is 0.0500. The van der Waals surface area contributed by atoms with Crippen LogP contribution >= 0.6 is 27.3 Å². The summed E-state index contributed by atoms with van der Waals surface area (Å²) in [6.07, 6.45) is 0. The van der Waals surface area contributed by atoms with Crippen LogP contribution in [0.5, 0.6) is 0 Å². The Hall–Kier alpha value is -2.17. The summed E-state index contributed by atoms with van der Waals surface area (Å²) in [6.45, 7) is 0.518. The number of rotatable bonds is 3. The zero-order valence-electron chi connectivity index (χ0n) is 12.8. The van der Waals surface area contributed by atoms with Crippen LogP contribution in [0.4, 0.5) is 0 Å². The van der Waals surface area contributed by atoms with Crippen LogP contribution in [0.25, 0.3) is 20.9 Å². The molecule has 118 valence electrons. The molecular weight excluding hydrogens is 382 g/mol. The van der Waals surface area contributed by atoms with E-state index < -0.39 is 0 Å². The summed E-state index contributed by atoms with van der Waals surface area (Å²) >= 11 is 5.07. The average Bonchev–Trinajstić information content (AvgIpc) is 2.97. The van der Waals surface area contributed by atoms with Crippen molar-refractivity contribution in [3.05, 3.63) is 81.6 Å². The lowest BCUT2D eigenvalue weighted by Crippen LogP contribution is -2.22. The van der Waals surface area contributed by atoms with E-state index in [4.69, 9.17) is 0 Å². The van der Waals surface area contributed by atoms with Gasteiger partial charge in [0, 0.05) is 21.1 Å². The highest BCUT2D eigenvalue weighted by molar-refractivity contribution is 9.10. The summed E-state index contributed by atoms with van der Waals surface area (Å²) in [7, 11) is 0. The second-order valence-electron chi connectivity index (χ2n) is 5.61. The number of fused-ring (bicyclic) bond motifs is 2. The van der Waals surface area contributed by atoms with Crippen molar-refractivity contribution in [1.82, 2.24) is 5.32 Å². The lowest BCUT2D eigenvalue weighted by molar-refractivity contribution is 0.0954. The van der Waals surface area contributed by atoms with Gasteiger partial charge in [0.25, 0.3) is 5.91 Å². The van der Waals surface area contributed by atoms with E-state index in [2.05, 4.69) is 51.6 Å². The second-order valence-corrected chi connectivity index (χ2v) is 7.45. The fourth-order valence-electron chi connectivity index (χ4n) is 2.77. The minimum Gasteiger partial charge on any atom is -0.347 e. The van der Waals surface area contributed by atoms with Gasteiger partial charge in [0.15, 0.2) is 0 Å². The SMILES string of the molecule is O=C(NCc1ccc2ccccc2c1)c1sc2ccccc2c1Br. The van der Waals surface area contributed by atoms with Crippen LogP contribution < -0.4 is 5.32 Å². The molecule has 2 nitrogen and oxygen atoms in total. The van der Waals surface area contributed by atoms with E-state index in [1.54, 1.807) is 0 Å². The highest BCUT2D eigenvalue weighted by Gasteiger charge is 2.16. The molecule has 3 aromatic carbocycles. The van der Waals surface area contributed by atoms with Gasteiger partial charge in [0.05, 0.1) is 0 Å². The van der Waals surface area contributed by atoms with Crippen LogP contribution in [0.1, 0.15) is 15.2 Å². The Balaban J connectivity index is 1.55. The molecule has 0 radical (unpaired) electrons. The van der Waals surface area contributed by atoms with E-state index in [9.17, 15) is 4.79 Å². The van der Waals surface area contributed by atoms with E-state index in [1.165, 1.54) is 22.1 Å². The van der Waals surface area contributed by atoms with E-state index in [-0.39, 0.29) is 5.91 Å². The Morgan fingerprint density at radius 2 is 1.71 bits per heavy atom. The van der Waals surface area contributed by atoms with Crippen molar-refractivity contribution >= 4 is 54.0 Å². The molecule has 0 fully saturated rings. The quantitative estimate of drug-likeness (QED) is 0.470. The predicted octanol–water partition coefficient (Wildman–Crippen LogP) is 5.75. The number of carbonyl (C=O) groups is 1. The lowest BCUT2D eigenvalue weighted by Gasteiger charge is -2.06. The molecule has 0 bridgehead atoms. The summed E-state index contributed by atoms with van der Waals surface area (Å²) in [5.41, 5.74) is 1.10. The molecule has 0 saturated heterocycles. The third-order valence-corrected chi connectivity index (χ3v) is 6.26. The number of amides is 1. The van der Waals surface area contributed by atoms with Crippen LogP contribution in [0.3, 0.4) is 0 Å². The molecule has 0 aliphatic carbocycles. The van der Waals surface area contributed by atoms with Gasteiger partial charge in [-0.15, -0.1) is 11.3 Å². The van der Waals surface area contributed by atoms with E-state index in [1.807, 2.05) is 36.4 Å². The van der Waals surface area contributed by atoms with Gasteiger partial charge in [-0.3, -0.25) is 4.79 Å². The van der Waals surface area contributed by atoms with E-state index in [0.29, 0.717) is 6.54 Å². The first-order valence-corrected chi connectivity index (χ1v) is 9.26. The summed E-state index contributed by atoms with van der Waals surface area (Å²) in [5.74, 6) is -0.0452. The van der Waals surface area contributed by atoms with Crippen LogP contribution in [-0.4, -0.2) is 5.91 Å². The normalized spacial score (nSPS) is 11.0. The molecule has 24 heavy (non-hydrogen) atoms. The van der Waals surface area contributed by atoms with Crippen molar-refractivity contribution in [2.24, 2.45) is 0 Å². The maximum absolute atomic E-state index is 12.5. The molecule has 0 atom stereocenters. The second kappa shape index (κ2) is 6.38. The first-order valence-electron chi connectivity index (χ1n) is 7.65. The first-order chi connectivity index (χ1) is 11.7. The Bertz CT molecular complexity index is 1050. The summed E-state index contributed by atoms with van der Waals surface area (Å²) in [6, 6.07) is 22.5. The molecule has 1 aromatic heterocycles. The van der Waals surface area contributed by atoms with Gasteiger partial charge in [-0.25, -0.2) is 0 Å². The van der Waals surface area contributed by atoms with Crippen molar-refractivity contribution in [2.45, 2.75) is 6.54 Å². The maximum Gasteiger partial charge on any atom is 0.262 e. The number of halogens is 1. The van der Waals surface area contributed by atoms with Crippen molar-refractivity contribution in [2.75, 3.05) is 0 Å². The van der Waals surface area contributed by atoms with Gasteiger partial charge in [0.1, 0.15) is 4.88 Å². The minimum atomic E-state index is -0.0452. The third kappa shape index (κ3) is 2.83. The number of thiophene rings is 1.